The molecule has 0 bridgehead atoms. The van der Waals surface area contributed by atoms with Crippen molar-refractivity contribution in [3.05, 3.63) is 52.1 Å². The average Bonchev–Trinajstić information content (AvgIpc) is 2.92. The zero-order valence-electron chi connectivity index (χ0n) is 12.9. The van der Waals surface area contributed by atoms with Crippen molar-refractivity contribution < 1.29 is 18.7 Å². The Labute approximate surface area is 146 Å². The second-order valence-electron chi connectivity index (χ2n) is 4.91. The number of hydrogen-bond acceptors (Lipinski definition) is 4. The predicted octanol–water partition coefficient (Wildman–Crippen LogP) is 4.96. The first-order valence-corrected chi connectivity index (χ1v) is 8.14. The number of thiophene rings is 1. The number of fused-ring (bicyclic) bond motifs is 1. The molecule has 0 fully saturated rings. The van der Waals surface area contributed by atoms with Crippen molar-refractivity contribution in [3.63, 3.8) is 0 Å². The molecule has 124 valence electrons. The van der Waals surface area contributed by atoms with Crippen LogP contribution in [0.3, 0.4) is 0 Å². The van der Waals surface area contributed by atoms with Crippen molar-refractivity contribution in [1.82, 2.24) is 0 Å². The van der Waals surface area contributed by atoms with Gasteiger partial charge in [0.15, 0.2) is 11.6 Å². The minimum Gasteiger partial charge on any atom is -0.494 e. The Balaban J connectivity index is 1.95. The summed E-state index contributed by atoms with van der Waals surface area (Å²) in [6.07, 6.45) is 0. The first-order chi connectivity index (χ1) is 11.5. The van der Waals surface area contributed by atoms with Crippen LogP contribution in [-0.4, -0.2) is 20.1 Å². The monoisotopic (exact) mass is 365 g/mol. The van der Waals surface area contributed by atoms with Crippen LogP contribution in [0.15, 0.2) is 36.4 Å². The molecule has 1 aromatic heterocycles. The van der Waals surface area contributed by atoms with Gasteiger partial charge in [0.05, 0.1) is 14.2 Å². The fourth-order valence-corrected chi connectivity index (χ4v) is 3.55. The molecule has 0 saturated heterocycles. The number of hydrogen-bond donors (Lipinski definition) is 1. The van der Waals surface area contributed by atoms with Gasteiger partial charge in [0.25, 0.3) is 5.91 Å². The van der Waals surface area contributed by atoms with E-state index in [9.17, 15) is 9.18 Å². The molecule has 3 aromatic rings. The van der Waals surface area contributed by atoms with Gasteiger partial charge in [-0.1, -0.05) is 11.6 Å². The number of amides is 1. The highest BCUT2D eigenvalue weighted by atomic mass is 35.5. The van der Waals surface area contributed by atoms with Crippen molar-refractivity contribution >= 4 is 44.6 Å². The summed E-state index contributed by atoms with van der Waals surface area (Å²) in [5, 5.41) is 3.99. The molecule has 1 heterocycles. The highest BCUT2D eigenvalue weighted by molar-refractivity contribution is 7.21. The van der Waals surface area contributed by atoms with Gasteiger partial charge in [-0.2, -0.15) is 0 Å². The van der Waals surface area contributed by atoms with Gasteiger partial charge < -0.3 is 14.8 Å². The van der Waals surface area contributed by atoms with Gasteiger partial charge >= 0.3 is 0 Å². The number of halogens is 2. The number of methoxy groups -OCH3 is 2. The fraction of sp³-hybridized carbons (Fsp3) is 0.118. The van der Waals surface area contributed by atoms with Crippen molar-refractivity contribution in [2.45, 2.75) is 0 Å². The minimum atomic E-state index is -0.551. The third-order valence-electron chi connectivity index (χ3n) is 3.42. The maximum atomic E-state index is 13.7. The van der Waals surface area contributed by atoms with Crippen LogP contribution in [-0.2, 0) is 0 Å². The number of benzene rings is 2. The highest BCUT2D eigenvalue weighted by Crippen LogP contribution is 2.39. The van der Waals surface area contributed by atoms with Crippen LogP contribution in [0.5, 0.6) is 11.5 Å². The number of nitrogens with one attached hydrogen (secondary N) is 1. The van der Waals surface area contributed by atoms with Crippen molar-refractivity contribution in [1.29, 1.82) is 0 Å². The third kappa shape index (κ3) is 3.02. The SMILES string of the molecule is COc1ccc(NC(=O)c2sc3ccc(Cl)cc3c2OC)cc1F. The van der Waals surface area contributed by atoms with Crippen LogP contribution in [0.25, 0.3) is 10.1 Å². The summed E-state index contributed by atoms with van der Waals surface area (Å²) in [6.45, 7) is 0. The lowest BCUT2D eigenvalue weighted by Crippen LogP contribution is -2.11. The average molecular weight is 366 g/mol. The largest absolute Gasteiger partial charge is 0.494 e. The molecule has 0 radical (unpaired) electrons. The maximum Gasteiger partial charge on any atom is 0.269 e. The van der Waals surface area contributed by atoms with Gasteiger partial charge in [-0.05, 0) is 30.3 Å². The predicted molar refractivity (Wildman–Crippen MR) is 94.3 cm³/mol. The Morgan fingerprint density at radius 2 is 1.96 bits per heavy atom. The number of ether oxygens (including phenoxy) is 2. The summed E-state index contributed by atoms with van der Waals surface area (Å²) < 4.78 is 24.9. The third-order valence-corrected chi connectivity index (χ3v) is 4.81. The van der Waals surface area contributed by atoms with E-state index >= 15 is 0 Å². The number of anilines is 1. The van der Waals surface area contributed by atoms with Crippen molar-refractivity contribution in [2.75, 3.05) is 19.5 Å². The number of carbonyl (C=O) groups is 1. The van der Waals surface area contributed by atoms with E-state index in [1.807, 2.05) is 6.07 Å². The van der Waals surface area contributed by atoms with E-state index in [1.165, 1.54) is 37.7 Å². The molecule has 0 aliphatic carbocycles. The van der Waals surface area contributed by atoms with E-state index in [0.29, 0.717) is 21.3 Å². The molecule has 1 N–H and O–H groups in total. The van der Waals surface area contributed by atoms with E-state index in [1.54, 1.807) is 18.2 Å². The quantitative estimate of drug-likeness (QED) is 0.710. The Morgan fingerprint density at radius 1 is 1.17 bits per heavy atom. The first-order valence-electron chi connectivity index (χ1n) is 6.94. The lowest BCUT2D eigenvalue weighted by Gasteiger charge is -2.07. The van der Waals surface area contributed by atoms with Crippen molar-refractivity contribution in [2.24, 2.45) is 0 Å². The molecule has 0 aliphatic rings. The zero-order chi connectivity index (χ0) is 17.3. The molecule has 0 atom stereocenters. The standard InChI is InChI=1S/C17H13ClFNO3S/c1-22-13-5-4-10(8-12(13)19)20-17(21)16-15(23-2)11-7-9(18)3-6-14(11)24-16/h3-8H,1-2H3,(H,20,21). The van der Waals surface area contributed by atoms with Crippen LogP contribution in [0.2, 0.25) is 5.02 Å². The molecule has 1 amide bonds. The first kappa shape index (κ1) is 16.5. The van der Waals surface area contributed by atoms with E-state index in [0.717, 1.165) is 10.1 Å². The molecule has 0 aliphatic heterocycles. The van der Waals surface area contributed by atoms with Gasteiger partial charge in [-0.3, -0.25) is 4.79 Å². The molecule has 2 aromatic carbocycles. The van der Waals surface area contributed by atoms with E-state index in [4.69, 9.17) is 21.1 Å². The van der Waals surface area contributed by atoms with Crippen LogP contribution < -0.4 is 14.8 Å². The number of rotatable bonds is 4. The van der Waals surface area contributed by atoms with E-state index in [-0.39, 0.29) is 11.7 Å². The molecule has 0 spiro atoms. The smallest absolute Gasteiger partial charge is 0.269 e. The molecular weight excluding hydrogens is 353 g/mol. The maximum absolute atomic E-state index is 13.7. The lowest BCUT2D eigenvalue weighted by molar-refractivity contribution is 0.102. The Hall–Kier alpha value is -2.31. The molecule has 4 nitrogen and oxygen atoms in total. The summed E-state index contributed by atoms with van der Waals surface area (Å²) in [7, 11) is 2.87. The fourth-order valence-electron chi connectivity index (χ4n) is 2.33. The Kier molecular flexibility index (Phi) is 4.59. The molecule has 3 rings (SSSR count). The second-order valence-corrected chi connectivity index (χ2v) is 6.40. The molecule has 0 saturated carbocycles. The Bertz CT molecular complexity index is 926. The van der Waals surface area contributed by atoms with Crippen molar-refractivity contribution in [3.8, 4) is 11.5 Å². The summed E-state index contributed by atoms with van der Waals surface area (Å²) in [5.41, 5.74) is 0.329. The van der Waals surface area contributed by atoms with Gasteiger partial charge in [-0.15, -0.1) is 11.3 Å². The van der Waals surface area contributed by atoms with E-state index in [2.05, 4.69) is 5.32 Å². The molecule has 7 heteroatoms. The topological polar surface area (TPSA) is 47.6 Å². The molecule has 24 heavy (non-hydrogen) atoms. The van der Waals surface area contributed by atoms with Gasteiger partial charge in [0, 0.05) is 26.9 Å². The van der Waals surface area contributed by atoms with Crippen LogP contribution in [0, 0.1) is 5.82 Å². The van der Waals surface area contributed by atoms with Gasteiger partial charge in [-0.25, -0.2) is 4.39 Å². The normalized spacial score (nSPS) is 10.7. The Morgan fingerprint density at radius 3 is 2.62 bits per heavy atom. The summed E-state index contributed by atoms with van der Waals surface area (Å²) >= 11 is 7.29. The van der Waals surface area contributed by atoms with Crippen LogP contribution in [0.4, 0.5) is 10.1 Å². The summed E-state index contributed by atoms with van der Waals surface area (Å²) in [4.78, 5) is 12.9. The zero-order valence-corrected chi connectivity index (χ0v) is 14.4. The van der Waals surface area contributed by atoms with Crippen LogP contribution >= 0.6 is 22.9 Å². The molecular formula is C17H13ClFNO3S. The highest BCUT2D eigenvalue weighted by Gasteiger charge is 2.20. The van der Waals surface area contributed by atoms with Gasteiger partial charge in [0.2, 0.25) is 0 Å². The lowest BCUT2D eigenvalue weighted by atomic mass is 10.2. The number of carbonyl (C=O) groups excluding carboxylic acids is 1. The molecule has 0 unspecified atom stereocenters. The van der Waals surface area contributed by atoms with E-state index < -0.39 is 5.82 Å². The summed E-state index contributed by atoms with van der Waals surface area (Å²) in [5.74, 6) is -0.370. The van der Waals surface area contributed by atoms with Crippen LogP contribution in [0.1, 0.15) is 9.67 Å². The second kappa shape index (κ2) is 6.67. The summed E-state index contributed by atoms with van der Waals surface area (Å²) in [6, 6.07) is 9.54. The van der Waals surface area contributed by atoms with Gasteiger partial charge in [0.1, 0.15) is 10.6 Å². The minimum absolute atomic E-state index is 0.113.